The van der Waals surface area contributed by atoms with E-state index in [-0.39, 0.29) is 6.04 Å². The maximum absolute atomic E-state index is 5.94. The van der Waals surface area contributed by atoms with Gasteiger partial charge in [-0.25, -0.2) is 0 Å². The summed E-state index contributed by atoms with van der Waals surface area (Å²) in [5.41, 5.74) is 7.61. The number of aromatic nitrogens is 2. The summed E-state index contributed by atoms with van der Waals surface area (Å²) in [6.45, 7) is 7.08. The van der Waals surface area contributed by atoms with E-state index >= 15 is 0 Å². The highest BCUT2D eigenvalue weighted by Gasteiger charge is 2.59. The topological polar surface area (TPSA) is 51.8 Å². The summed E-state index contributed by atoms with van der Waals surface area (Å²) < 4.78 is 0. The second kappa shape index (κ2) is 4.29. The van der Waals surface area contributed by atoms with E-state index in [0.717, 1.165) is 17.3 Å². The van der Waals surface area contributed by atoms with Crippen molar-refractivity contribution in [2.45, 2.75) is 71.8 Å². The van der Waals surface area contributed by atoms with Crippen molar-refractivity contribution < 1.29 is 0 Å². The molecule has 4 aliphatic carbocycles. The first-order chi connectivity index (χ1) is 9.79. The van der Waals surface area contributed by atoms with Gasteiger partial charge in [-0.05, 0) is 67.6 Å². The average Bonchev–Trinajstić information content (AvgIpc) is 2.71. The quantitative estimate of drug-likeness (QED) is 0.914. The van der Waals surface area contributed by atoms with Crippen molar-refractivity contribution in [2.75, 3.05) is 0 Å². The summed E-state index contributed by atoms with van der Waals surface area (Å²) in [4.78, 5) is 0. The first-order valence-electron chi connectivity index (χ1n) is 8.37. The summed E-state index contributed by atoms with van der Waals surface area (Å²) >= 11 is 1.74. The number of nitrogens with zero attached hydrogens (tertiary/aromatic N) is 2. The molecule has 1 aromatic rings. The number of hydrogen-bond acceptors (Lipinski definition) is 4. The van der Waals surface area contributed by atoms with Gasteiger partial charge >= 0.3 is 0 Å². The van der Waals surface area contributed by atoms with E-state index in [9.17, 15) is 0 Å². The Bertz CT molecular complexity index is 546. The molecule has 1 heterocycles. The van der Waals surface area contributed by atoms with Crippen LogP contribution in [0.15, 0.2) is 0 Å². The molecule has 116 valence electrons. The van der Waals surface area contributed by atoms with Gasteiger partial charge in [0.25, 0.3) is 0 Å². The Morgan fingerprint density at radius 1 is 1.14 bits per heavy atom. The highest BCUT2D eigenvalue weighted by molar-refractivity contribution is 7.11. The second-order valence-corrected chi connectivity index (χ2v) is 10.2. The summed E-state index contributed by atoms with van der Waals surface area (Å²) in [5.74, 6) is 0.956. The highest BCUT2D eigenvalue weighted by Crippen LogP contribution is 2.70. The highest BCUT2D eigenvalue weighted by atomic mass is 32.1. The van der Waals surface area contributed by atoms with Gasteiger partial charge in [-0.2, -0.15) is 0 Å². The van der Waals surface area contributed by atoms with Crippen LogP contribution in [-0.2, 0) is 6.42 Å². The van der Waals surface area contributed by atoms with E-state index in [1.807, 2.05) is 6.92 Å². The lowest BCUT2D eigenvalue weighted by atomic mass is 9.40. The monoisotopic (exact) mass is 305 g/mol. The normalized spacial score (nSPS) is 46.0. The molecule has 0 amide bonds. The third kappa shape index (κ3) is 2.35. The van der Waals surface area contributed by atoms with Crippen LogP contribution in [0.4, 0.5) is 0 Å². The minimum absolute atomic E-state index is 0.0163. The summed E-state index contributed by atoms with van der Waals surface area (Å²) in [6.07, 6.45) is 9.74. The Morgan fingerprint density at radius 2 is 1.81 bits per heavy atom. The van der Waals surface area contributed by atoms with Crippen LogP contribution in [0.3, 0.4) is 0 Å². The lowest BCUT2D eigenvalue weighted by Gasteiger charge is -2.65. The van der Waals surface area contributed by atoms with E-state index < -0.39 is 0 Å². The van der Waals surface area contributed by atoms with Crippen LogP contribution in [0.25, 0.3) is 0 Å². The molecule has 0 radical (unpaired) electrons. The maximum atomic E-state index is 5.94. The molecule has 4 aliphatic rings. The minimum Gasteiger partial charge on any atom is -0.322 e. The molecule has 3 unspecified atom stereocenters. The van der Waals surface area contributed by atoms with Gasteiger partial charge in [0, 0.05) is 6.42 Å². The van der Waals surface area contributed by atoms with Crippen LogP contribution in [0.2, 0.25) is 0 Å². The standard InChI is InChI=1S/C17H27N3S/c1-11(18)14-20-19-13(21-14)7-17-6-12-4-15(2,9-17)8-16(3,5-12)10-17/h11-12H,4-10,18H2,1-3H3. The smallest absolute Gasteiger partial charge is 0.133 e. The number of nitrogens with two attached hydrogens (primary N) is 1. The summed E-state index contributed by atoms with van der Waals surface area (Å²) in [6, 6.07) is 0.0163. The summed E-state index contributed by atoms with van der Waals surface area (Å²) in [5, 5.41) is 11.0. The molecule has 4 bridgehead atoms. The molecule has 4 fully saturated rings. The van der Waals surface area contributed by atoms with Crippen LogP contribution in [0.5, 0.6) is 0 Å². The van der Waals surface area contributed by atoms with Crippen molar-refractivity contribution in [1.29, 1.82) is 0 Å². The van der Waals surface area contributed by atoms with Gasteiger partial charge in [0.1, 0.15) is 10.0 Å². The van der Waals surface area contributed by atoms with Crippen molar-refractivity contribution in [3.8, 4) is 0 Å². The molecule has 21 heavy (non-hydrogen) atoms. The molecule has 1 aromatic heterocycles. The van der Waals surface area contributed by atoms with E-state index in [0.29, 0.717) is 16.2 Å². The van der Waals surface area contributed by atoms with E-state index in [1.54, 1.807) is 11.3 Å². The number of hydrogen-bond donors (Lipinski definition) is 1. The Balaban J connectivity index is 1.62. The lowest BCUT2D eigenvalue weighted by molar-refractivity contribution is -0.144. The van der Waals surface area contributed by atoms with Gasteiger partial charge < -0.3 is 5.73 Å². The van der Waals surface area contributed by atoms with Crippen LogP contribution in [0.1, 0.15) is 75.4 Å². The predicted molar refractivity (Wildman–Crippen MR) is 86.1 cm³/mol. The van der Waals surface area contributed by atoms with Crippen LogP contribution in [0, 0.1) is 22.2 Å². The maximum Gasteiger partial charge on any atom is 0.133 e. The van der Waals surface area contributed by atoms with E-state index in [1.165, 1.54) is 43.5 Å². The number of rotatable bonds is 3. The molecule has 0 aliphatic heterocycles. The van der Waals surface area contributed by atoms with Gasteiger partial charge in [-0.3, -0.25) is 0 Å². The Hall–Kier alpha value is -0.480. The SMILES string of the molecule is CC(N)c1nnc(CC23CC4CC(C)(CC(C)(C4)C2)C3)s1. The van der Waals surface area contributed by atoms with Gasteiger partial charge in [0.2, 0.25) is 0 Å². The molecule has 0 spiro atoms. The van der Waals surface area contributed by atoms with Crippen molar-refractivity contribution in [3.05, 3.63) is 10.0 Å². The fourth-order valence-electron chi connectivity index (χ4n) is 6.72. The molecule has 5 rings (SSSR count). The van der Waals surface area contributed by atoms with E-state index in [4.69, 9.17) is 5.73 Å². The first kappa shape index (κ1) is 14.1. The molecule has 4 heteroatoms. The Morgan fingerprint density at radius 3 is 2.33 bits per heavy atom. The molecule has 0 saturated heterocycles. The van der Waals surface area contributed by atoms with Crippen LogP contribution >= 0.6 is 11.3 Å². The Labute approximate surface area is 131 Å². The second-order valence-electron chi connectivity index (χ2n) is 9.13. The largest absolute Gasteiger partial charge is 0.322 e. The van der Waals surface area contributed by atoms with Gasteiger partial charge in [-0.1, -0.05) is 25.2 Å². The zero-order chi connectivity index (χ0) is 14.9. The lowest BCUT2D eigenvalue weighted by Crippen LogP contribution is -2.55. The molecule has 4 saturated carbocycles. The van der Waals surface area contributed by atoms with Crippen LogP contribution in [-0.4, -0.2) is 10.2 Å². The molecule has 3 atom stereocenters. The zero-order valence-corrected chi connectivity index (χ0v) is 14.3. The van der Waals surface area contributed by atoms with Crippen molar-refractivity contribution in [3.63, 3.8) is 0 Å². The fourth-order valence-corrected chi connectivity index (χ4v) is 7.69. The van der Waals surface area contributed by atoms with Gasteiger partial charge in [0.05, 0.1) is 6.04 Å². The van der Waals surface area contributed by atoms with Crippen molar-refractivity contribution >= 4 is 11.3 Å². The van der Waals surface area contributed by atoms with Crippen molar-refractivity contribution in [2.24, 2.45) is 27.9 Å². The summed E-state index contributed by atoms with van der Waals surface area (Å²) in [7, 11) is 0. The molecule has 3 nitrogen and oxygen atoms in total. The minimum atomic E-state index is 0.0163. The predicted octanol–water partition coefficient (Wildman–Crippen LogP) is 4.10. The van der Waals surface area contributed by atoms with Crippen LogP contribution < -0.4 is 5.73 Å². The first-order valence-corrected chi connectivity index (χ1v) is 9.19. The Kier molecular flexibility index (Phi) is 2.89. The third-order valence-electron chi connectivity index (χ3n) is 6.14. The van der Waals surface area contributed by atoms with Gasteiger partial charge in [-0.15, -0.1) is 10.2 Å². The zero-order valence-electron chi connectivity index (χ0n) is 13.5. The molecule has 2 N–H and O–H groups in total. The molecular weight excluding hydrogens is 278 g/mol. The molecule has 0 aromatic carbocycles. The molecular formula is C17H27N3S. The van der Waals surface area contributed by atoms with Gasteiger partial charge in [0.15, 0.2) is 0 Å². The fraction of sp³-hybridized carbons (Fsp3) is 0.882. The average molecular weight is 305 g/mol. The van der Waals surface area contributed by atoms with E-state index in [2.05, 4.69) is 24.0 Å². The van der Waals surface area contributed by atoms with Crippen molar-refractivity contribution in [1.82, 2.24) is 10.2 Å². The third-order valence-corrected chi connectivity index (χ3v) is 7.26.